The molecule has 6 nitrogen and oxygen atoms in total. The average Bonchev–Trinajstić information content (AvgIpc) is 2.67. The molecule has 6 heteroatoms. The first kappa shape index (κ1) is 17.9. The van der Waals surface area contributed by atoms with Crippen LogP contribution in [0.15, 0.2) is 18.0 Å². The molecule has 1 atom stereocenters. The van der Waals surface area contributed by atoms with Gasteiger partial charge in [0.25, 0.3) is 0 Å². The molecule has 0 saturated heterocycles. The van der Waals surface area contributed by atoms with E-state index in [1.54, 1.807) is 13.4 Å². The lowest BCUT2D eigenvalue weighted by Crippen LogP contribution is -2.47. The van der Waals surface area contributed by atoms with Gasteiger partial charge in [0.05, 0.1) is 18.8 Å². The zero-order valence-corrected chi connectivity index (χ0v) is 15.3. The van der Waals surface area contributed by atoms with Crippen LogP contribution in [0.1, 0.15) is 50.3 Å². The fraction of sp³-hybridized carbons (Fsp3) is 0.632. The van der Waals surface area contributed by atoms with E-state index in [1.807, 2.05) is 6.92 Å². The summed E-state index contributed by atoms with van der Waals surface area (Å²) in [6.07, 6.45) is 10.6. The normalized spacial score (nSPS) is 18.9. The van der Waals surface area contributed by atoms with Crippen LogP contribution in [0.2, 0.25) is 0 Å². The first-order chi connectivity index (χ1) is 12.2. The lowest BCUT2D eigenvalue weighted by atomic mass is 9.97. The Morgan fingerprint density at radius 3 is 3.00 bits per heavy atom. The summed E-state index contributed by atoms with van der Waals surface area (Å²) in [7, 11) is 1.62. The third-order valence-electron chi connectivity index (χ3n) is 5.24. The van der Waals surface area contributed by atoms with Crippen LogP contribution < -0.4 is 10.1 Å². The Morgan fingerprint density at radius 2 is 2.24 bits per heavy atom. The van der Waals surface area contributed by atoms with Crippen LogP contribution in [0.5, 0.6) is 5.88 Å². The second-order valence-corrected chi connectivity index (χ2v) is 6.85. The van der Waals surface area contributed by atoms with Gasteiger partial charge in [-0.25, -0.2) is 9.97 Å². The van der Waals surface area contributed by atoms with E-state index in [0.29, 0.717) is 12.4 Å². The van der Waals surface area contributed by atoms with E-state index in [0.717, 1.165) is 37.2 Å². The van der Waals surface area contributed by atoms with Crippen molar-refractivity contribution in [3.05, 3.63) is 29.2 Å². The first-order valence-electron chi connectivity index (χ1n) is 9.25. The number of amides is 1. The third-order valence-corrected chi connectivity index (χ3v) is 5.24. The fourth-order valence-corrected chi connectivity index (χ4v) is 3.63. The Hall–Kier alpha value is -1.95. The van der Waals surface area contributed by atoms with Crippen molar-refractivity contribution in [1.29, 1.82) is 0 Å². The van der Waals surface area contributed by atoms with Crippen molar-refractivity contribution in [3.8, 4) is 5.88 Å². The number of hydrogen-bond acceptors (Lipinski definition) is 5. The Kier molecular flexibility index (Phi) is 6.02. The van der Waals surface area contributed by atoms with Crippen molar-refractivity contribution in [2.24, 2.45) is 0 Å². The number of rotatable bonds is 6. The van der Waals surface area contributed by atoms with Gasteiger partial charge in [-0.15, -0.1) is 0 Å². The molecule has 2 aliphatic rings. The highest BCUT2D eigenvalue weighted by molar-refractivity contribution is 5.81. The van der Waals surface area contributed by atoms with Gasteiger partial charge >= 0.3 is 0 Å². The second kappa shape index (κ2) is 8.43. The molecule has 2 heterocycles. The molecular formula is C19H28N4O2. The van der Waals surface area contributed by atoms with Crippen LogP contribution in [-0.2, 0) is 17.8 Å². The van der Waals surface area contributed by atoms with Crippen molar-refractivity contribution >= 4 is 5.91 Å². The number of fused-ring (bicyclic) bond motifs is 1. The van der Waals surface area contributed by atoms with Gasteiger partial charge in [0.15, 0.2) is 0 Å². The molecule has 1 aromatic rings. The van der Waals surface area contributed by atoms with Gasteiger partial charge in [-0.05, 0) is 39.0 Å². The van der Waals surface area contributed by atoms with Gasteiger partial charge in [-0.3, -0.25) is 9.69 Å². The summed E-state index contributed by atoms with van der Waals surface area (Å²) in [5, 5.41) is 3.10. The average molecular weight is 344 g/mol. The standard InChI is InChI=1S/C19H28N4O2/c1-14(18(24)20-10-8-15-6-4-3-5-7-15)23-11-9-17-16(12-23)19(25-2)22-13-21-17/h6,13-14H,3-5,7-12H2,1-2H3,(H,20,24)/t14-/m0/s1. The minimum Gasteiger partial charge on any atom is -0.481 e. The summed E-state index contributed by atoms with van der Waals surface area (Å²) in [5.74, 6) is 0.710. The second-order valence-electron chi connectivity index (χ2n) is 6.85. The number of ether oxygens (including phenoxy) is 1. The lowest BCUT2D eigenvalue weighted by molar-refractivity contribution is -0.126. The highest BCUT2D eigenvalue weighted by Gasteiger charge is 2.28. The largest absolute Gasteiger partial charge is 0.481 e. The van der Waals surface area contributed by atoms with Gasteiger partial charge in [-0.1, -0.05) is 11.6 Å². The molecule has 0 aromatic carbocycles. The summed E-state index contributed by atoms with van der Waals surface area (Å²) in [5.41, 5.74) is 3.52. The molecule has 0 spiro atoms. The zero-order chi connectivity index (χ0) is 17.6. The van der Waals surface area contributed by atoms with E-state index in [-0.39, 0.29) is 11.9 Å². The van der Waals surface area contributed by atoms with Crippen molar-refractivity contribution in [2.45, 2.75) is 58.0 Å². The maximum atomic E-state index is 12.5. The number of carbonyl (C=O) groups is 1. The van der Waals surface area contributed by atoms with Crippen molar-refractivity contribution < 1.29 is 9.53 Å². The van der Waals surface area contributed by atoms with E-state index in [9.17, 15) is 4.79 Å². The maximum Gasteiger partial charge on any atom is 0.237 e. The van der Waals surface area contributed by atoms with Gasteiger partial charge < -0.3 is 10.1 Å². The highest BCUT2D eigenvalue weighted by atomic mass is 16.5. The summed E-state index contributed by atoms with van der Waals surface area (Å²) < 4.78 is 5.35. The topological polar surface area (TPSA) is 67.4 Å². The molecule has 0 radical (unpaired) electrons. The molecular weight excluding hydrogens is 316 g/mol. The molecule has 0 bridgehead atoms. The van der Waals surface area contributed by atoms with Crippen molar-refractivity contribution in [3.63, 3.8) is 0 Å². The minimum atomic E-state index is -0.168. The van der Waals surface area contributed by atoms with Crippen LogP contribution in [0.4, 0.5) is 0 Å². The van der Waals surface area contributed by atoms with Gasteiger partial charge in [0.1, 0.15) is 6.33 Å². The van der Waals surface area contributed by atoms with E-state index in [1.165, 1.54) is 31.3 Å². The molecule has 25 heavy (non-hydrogen) atoms. The fourth-order valence-electron chi connectivity index (χ4n) is 3.63. The van der Waals surface area contributed by atoms with Crippen LogP contribution in [0, 0.1) is 0 Å². The predicted molar refractivity (Wildman–Crippen MR) is 96.3 cm³/mol. The molecule has 1 aliphatic carbocycles. The smallest absolute Gasteiger partial charge is 0.237 e. The Balaban J connectivity index is 1.53. The minimum absolute atomic E-state index is 0.0932. The number of nitrogens with zero attached hydrogens (tertiary/aromatic N) is 3. The number of nitrogens with one attached hydrogen (secondary N) is 1. The van der Waals surface area contributed by atoms with Crippen molar-refractivity contribution in [2.75, 3.05) is 20.2 Å². The third kappa shape index (κ3) is 4.37. The molecule has 0 unspecified atom stereocenters. The van der Waals surface area contributed by atoms with E-state index in [4.69, 9.17) is 4.74 Å². The predicted octanol–water partition coefficient (Wildman–Crippen LogP) is 2.24. The molecule has 1 amide bonds. The van der Waals surface area contributed by atoms with Crippen molar-refractivity contribution in [1.82, 2.24) is 20.2 Å². The maximum absolute atomic E-state index is 12.5. The van der Waals surface area contributed by atoms with Gasteiger partial charge in [0, 0.05) is 31.6 Å². The lowest BCUT2D eigenvalue weighted by Gasteiger charge is -2.32. The number of allylic oxidation sites excluding steroid dienone is 1. The molecule has 136 valence electrons. The SMILES string of the molecule is COc1ncnc2c1CN([C@@H](C)C(=O)NCCC1=CCCCC1)CC2. The summed E-state index contributed by atoms with van der Waals surface area (Å²) in [6.45, 7) is 4.17. The van der Waals surface area contributed by atoms with E-state index >= 15 is 0 Å². The van der Waals surface area contributed by atoms with E-state index < -0.39 is 0 Å². The Labute approximate surface area is 149 Å². The molecule has 0 fully saturated rings. The van der Waals surface area contributed by atoms with E-state index in [2.05, 4.69) is 26.3 Å². The number of hydrogen-bond donors (Lipinski definition) is 1. The summed E-state index contributed by atoms with van der Waals surface area (Å²) >= 11 is 0. The van der Waals surface area contributed by atoms with Crippen LogP contribution in [-0.4, -0.2) is 47.0 Å². The van der Waals surface area contributed by atoms with Crippen LogP contribution in [0.25, 0.3) is 0 Å². The number of carbonyl (C=O) groups excluding carboxylic acids is 1. The van der Waals surface area contributed by atoms with Crippen LogP contribution in [0.3, 0.4) is 0 Å². The highest BCUT2D eigenvalue weighted by Crippen LogP contribution is 2.25. The molecule has 1 N–H and O–H groups in total. The molecule has 1 aromatic heterocycles. The van der Waals surface area contributed by atoms with Crippen LogP contribution >= 0.6 is 0 Å². The quantitative estimate of drug-likeness (QED) is 0.802. The summed E-state index contributed by atoms with van der Waals surface area (Å²) in [4.78, 5) is 23.2. The molecule has 1 aliphatic heterocycles. The zero-order valence-electron chi connectivity index (χ0n) is 15.3. The Morgan fingerprint density at radius 1 is 1.36 bits per heavy atom. The molecule has 0 saturated carbocycles. The molecule has 3 rings (SSSR count). The van der Waals surface area contributed by atoms with Gasteiger partial charge in [0.2, 0.25) is 11.8 Å². The number of methoxy groups -OCH3 is 1. The Bertz CT molecular complexity index is 630. The van der Waals surface area contributed by atoms with Gasteiger partial charge in [-0.2, -0.15) is 0 Å². The summed E-state index contributed by atoms with van der Waals surface area (Å²) in [6, 6.07) is -0.168. The first-order valence-corrected chi connectivity index (χ1v) is 9.25. The monoisotopic (exact) mass is 344 g/mol. The number of aromatic nitrogens is 2.